The number of pyridine rings is 1. The highest BCUT2D eigenvalue weighted by molar-refractivity contribution is 9.08. The number of ether oxygens (including phenoxy) is 2. The normalized spacial score (nSPS) is 10.3. The molecule has 0 fully saturated rings. The molecule has 3 nitrogen and oxygen atoms in total. The van der Waals surface area contributed by atoms with E-state index < -0.39 is 0 Å². The van der Waals surface area contributed by atoms with E-state index in [-0.39, 0.29) is 0 Å². The van der Waals surface area contributed by atoms with E-state index in [1.165, 1.54) is 0 Å². The molecule has 20 heavy (non-hydrogen) atoms. The fraction of sp³-hybridized carbons (Fsp3) is 0.312. The van der Waals surface area contributed by atoms with Crippen LogP contribution < -0.4 is 9.47 Å². The van der Waals surface area contributed by atoms with Gasteiger partial charge in [0.15, 0.2) is 0 Å². The van der Waals surface area contributed by atoms with Crippen LogP contribution in [0, 0.1) is 6.92 Å². The summed E-state index contributed by atoms with van der Waals surface area (Å²) in [6.45, 7) is 3.24. The lowest BCUT2D eigenvalue weighted by Crippen LogP contribution is -2.06. The van der Waals surface area contributed by atoms with E-state index in [2.05, 4.69) is 20.9 Å². The second-order valence-electron chi connectivity index (χ2n) is 4.39. The van der Waals surface area contributed by atoms with E-state index in [0.29, 0.717) is 18.5 Å². The molecule has 0 unspecified atom stereocenters. The molecule has 0 atom stereocenters. The molecule has 0 saturated heterocycles. The van der Waals surface area contributed by atoms with Gasteiger partial charge < -0.3 is 9.47 Å². The van der Waals surface area contributed by atoms with Crippen LogP contribution >= 0.6 is 15.9 Å². The van der Waals surface area contributed by atoms with Crippen molar-refractivity contribution >= 4 is 15.9 Å². The average Bonchev–Trinajstić information content (AvgIpc) is 2.49. The Morgan fingerprint density at radius 3 is 2.50 bits per heavy atom. The van der Waals surface area contributed by atoms with Crippen molar-refractivity contribution in [1.82, 2.24) is 4.98 Å². The number of rotatable bonds is 7. The molecule has 2 aromatic rings. The van der Waals surface area contributed by atoms with E-state index in [9.17, 15) is 0 Å². The highest BCUT2D eigenvalue weighted by Crippen LogP contribution is 2.19. The highest BCUT2D eigenvalue weighted by Gasteiger charge is 2.04. The van der Waals surface area contributed by atoms with Crippen LogP contribution in [0.4, 0.5) is 0 Å². The molecule has 0 N–H and O–H groups in total. The molecule has 0 radical (unpaired) electrons. The first-order valence-corrected chi connectivity index (χ1v) is 7.75. The lowest BCUT2D eigenvalue weighted by atomic mass is 10.3. The van der Waals surface area contributed by atoms with Crippen LogP contribution in [0.15, 0.2) is 42.5 Å². The first-order valence-electron chi connectivity index (χ1n) is 6.62. The zero-order valence-corrected chi connectivity index (χ0v) is 13.1. The first kappa shape index (κ1) is 14.9. The quantitative estimate of drug-likeness (QED) is 0.563. The third-order valence-corrected chi connectivity index (χ3v) is 3.29. The number of alkyl halides is 1. The van der Waals surface area contributed by atoms with Crippen LogP contribution in [0.5, 0.6) is 11.5 Å². The zero-order chi connectivity index (χ0) is 14.2. The maximum Gasteiger partial charge on any atom is 0.141 e. The fourth-order valence-corrected chi connectivity index (χ4v) is 2.17. The Labute approximate surface area is 128 Å². The summed E-state index contributed by atoms with van der Waals surface area (Å²) in [6, 6.07) is 13.7. The Hall–Kier alpha value is -1.55. The van der Waals surface area contributed by atoms with Gasteiger partial charge in [0, 0.05) is 17.4 Å². The Kier molecular flexibility index (Phi) is 5.87. The van der Waals surface area contributed by atoms with E-state index in [1.807, 2.05) is 49.4 Å². The maximum atomic E-state index is 5.75. The molecule has 1 aromatic carbocycles. The average molecular weight is 336 g/mol. The second-order valence-corrected chi connectivity index (χ2v) is 4.96. The van der Waals surface area contributed by atoms with Crippen molar-refractivity contribution < 1.29 is 9.47 Å². The minimum absolute atomic E-state index is 0.623. The molecule has 0 bridgehead atoms. The smallest absolute Gasteiger partial charge is 0.141 e. The molecular weight excluding hydrogens is 318 g/mol. The molecule has 0 aliphatic heterocycles. The number of halogens is 1. The molecule has 1 aromatic heterocycles. The lowest BCUT2D eigenvalue weighted by Gasteiger charge is -2.10. The van der Waals surface area contributed by atoms with Crippen molar-refractivity contribution in [3.63, 3.8) is 0 Å². The summed E-state index contributed by atoms with van der Waals surface area (Å²) in [5, 5.41) is 0.699. The number of aryl methyl sites for hydroxylation is 1. The summed E-state index contributed by atoms with van der Waals surface area (Å²) >= 11 is 3.43. The van der Waals surface area contributed by atoms with E-state index in [1.54, 1.807) is 0 Å². The van der Waals surface area contributed by atoms with Gasteiger partial charge >= 0.3 is 0 Å². The van der Waals surface area contributed by atoms with Crippen molar-refractivity contribution in [1.29, 1.82) is 0 Å². The first-order chi connectivity index (χ1) is 9.79. The number of nitrogens with zero attached hydrogens (tertiary/aromatic N) is 1. The van der Waals surface area contributed by atoms with Crippen LogP contribution in [-0.2, 0) is 5.33 Å². The summed E-state index contributed by atoms with van der Waals surface area (Å²) in [7, 11) is 0. The molecular formula is C16H18BrNO2. The summed E-state index contributed by atoms with van der Waals surface area (Å²) in [4.78, 5) is 4.43. The standard InChI is InChI=1S/C16H18BrNO2/c1-13-8-9-16(15(12-17)18-13)20-11-5-10-19-14-6-3-2-4-7-14/h2-4,6-9H,5,10-12H2,1H3. The van der Waals surface area contributed by atoms with Crippen molar-refractivity contribution in [2.75, 3.05) is 13.2 Å². The van der Waals surface area contributed by atoms with Gasteiger partial charge in [-0.25, -0.2) is 0 Å². The monoisotopic (exact) mass is 335 g/mol. The van der Waals surface area contributed by atoms with Gasteiger partial charge in [-0.05, 0) is 31.2 Å². The number of aromatic nitrogens is 1. The Morgan fingerprint density at radius 2 is 1.75 bits per heavy atom. The third kappa shape index (κ3) is 4.53. The minimum atomic E-state index is 0.623. The predicted octanol–water partition coefficient (Wildman–Crippen LogP) is 4.13. The van der Waals surface area contributed by atoms with Gasteiger partial charge in [0.1, 0.15) is 11.5 Å². The summed E-state index contributed by atoms with van der Waals surface area (Å²) in [6.07, 6.45) is 0.838. The van der Waals surface area contributed by atoms with Crippen LogP contribution in [0.3, 0.4) is 0 Å². The van der Waals surface area contributed by atoms with Crippen LogP contribution in [0.1, 0.15) is 17.8 Å². The van der Waals surface area contributed by atoms with E-state index >= 15 is 0 Å². The zero-order valence-electron chi connectivity index (χ0n) is 11.5. The SMILES string of the molecule is Cc1ccc(OCCCOc2ccccc2)c(CBr)n1. The summed E-state index contributed by atoms with van der Waals surface area (Å²) in [5.41, 5.74) is 1.94. The molecule has 0 amide bonds. The number of benzene rings is 1. The van der Waals surface area contributed by atoms with Gasteiger partial charge in [0.2, 0.25) is 0 Å². The highest BCUT2D eigenvalue weighted by atomic mass is 79.9. The van der Waals surface area contributed by atoms with Gasteiger partial charge in [0.05, 0.1) is 18.9 Å². The summed E-state index contributed by atoms with van der Waals surface area (Å²) < 4.78 is 11.4. The Bertz CT molecular complexity index is 531. The topological polar surface area (TPSA) is 31.4 Å². The maximum absolute atomic E-state index is 5.75. The van der Waals surface area contributed by atoms with Crippen LogP contribution in [0.2, 0.25) is 0 Å². The molecule has 0 aliphatic carbocycles. The van der Waals surface area contributed by atoms with Crippen LogP contribution in [-0.4, -0.2) is 18.2 Å². The van der Waals surface area contributed by atoms with Gasteiger partial charge in [-0.3, -0.25) is 4.98 Å². The molecule has 2 rings (SSSR count). The van der Waals surface area contributed by atoms with Gasteiger partial charge in [0.25, 0.3) is 0 Å². The summed E-state index contributed by atoms with van der Waals surface area (Å²) in [5.74, 6) is 1.73. The molecule has 0 saturated carbocycles. The van der Waals surface area contributed by atoms with Crippen molar-refractivity contribution in [2.45, 2.75) is 18.7 Å². The fourth-order valence-electron chi connectivity index (χ4n) is 1.77. The van der Waals surface area contributed by atoms with Crippen molar-refractivity contribution in [3.8, 4) is 11.5 Å². The van der Waals surface area contributed by atoms with Crippen molar-refractivity contribution in [2.24, 2.45) is 0 Å². The van der Waals surface area contributed by atoms with E-state index in [0.717, 1.165) is 29.3 Å². The Morgan fingerprint density at radius 1 is 1.00 bits per heavy atom. The number of hydrogen-bond donors (Lipinski definition) is 0. The molecule has 1 heterocycles. The molecule has 4 heteroatoms. The minimum Gasteiger partial charge on any atom is -0.493 e. The lowest BCUT2D eigenvalue weighted by molar-refractivity contribution is 0.246. The van der Waals surface area contributed by atoms with E-state index in [4.69, 9.17) is 9.47 Å². The van der Waals surface area contributed by atoms with Gasteiger partial charge in [-0.1, -0.05) is 34.1 Å². The van der Waals surface area contributed by atoms with Crippen molar-refractivity contribution in [3.05, 3.63) is 53.9 Å². The molecule has 0 aliphatic rings. The second kappa shape index (κ2) is 7.90. The number of hydrogen-bond acceptors (Lipinski definition) is 3. The Balaban J connectivity index is 1.73. The predicted molar refractivity (Wildman–Crippen MR) is 83.7 cm³/mol. The van der Waals surface area contributed by atoms with Gasteiger partial charge in [-0.2, -0.15) is 0 Å². The molecule has 0 spiro atoms. The molecule has 106 valence electrons. The van der Waals surface area contributed by atoms with Gasteiger partial charge in [-0.15, -0.1) is 0 Å². The third-order valence-electron chi connectivity index (χ3n) is 2.76. The largest absolute Gasteiger partial charge is 0.493 e. The number of para-hydroxylation sites is 1. The van der Waals surface area contributed by atoms with Crippen LogP contribution in [0.25, 0.3) is 0 Å².